The van der Waals surface area contributed by atoms with Crippen molar-refractivity contribution in [1.82, 2.24) is 5.32 Å². The number of esters is 1. The Labute approximate surface area is 456 Å². The van der Waals surface area contributed by atoms with Crippen LogP contribution in [0.25, 0.3) is 0 Å². The number of hydrogen-bond acceptors (Lipinski definition) is 5. The Hall–Kier alpha value is -1.66. The number of allylic oxidation sites excluding steroid dienone is 3. The number of aliphatic hydroxyl groups is 2. The monoisotopic (exact) mass is 1030 g/mol. The third-order valence-corrected chi connectivity index (χ3v) is 15.5. The zero-order chi connectivity index (χ0) is 52.9. The molecule has 0 aromatic heterocycles. The number of rotatable bonds is 62. The van der Waals surface area contributed by atoms with Crippen molar-refractivity contribution >= 4 is 11.9 Å². The molecular weight excluding hydrogens is 899 g/mol. The van der Waals surface area contributed by atoms with Crippen LogP contribution in [0, 0.1) is 0 Å². The molecule has 0 saturated carbocycles. The molecule has 2 atom stereocenters. The predicted octanol–water partition coefficient (Wildman–Crippen LogP) is 21.0. The second-order valence-electron chi connectivity index (χ2n) is 22.8. The highest BCUT2D eigenvalue weighted by Crippen LogP contribution is 2.18. The fourth-order valence-corrected chi connectivity index (χ4v) is 10.4. The molecule has 6 nitrogen and oxygen atoms in total. The number of aliphatic hydroxyl groups excluding tert-OH is 2. The van der Waals surface area contributed by atoms with Gasteiger partial charge in [0.05, 0.1) is 25.4 Å². The van der Waals surface area contributed by atoms with Gasteiger partial charge >= 0.3 is 5.97 Å². The summed E-state index contributed by atoms with van der Waals surface area (Å²) < 4.78 is 5.48. The summed E-state index contributed by atoms with van der Waals surface area (Å²) in [6.45, 7) is 4.91. The number of nitrogens with one attached hydrogen (secondary N) is 1. The molecule has 0 aromatic carbocycles. The molecule has 0 rings (SSSR count). The topological polar surface area (TPSA) is 95.9 Å². The van der Waals surface area contributed by atoms with Crippen molar-refractivity contribution in [2.24, 2.45) is 0 Å². The van der Waals surface area contributed by atoms with Gasteiger partial charge in [-0.1, -0.05) is 321 Å². The zero-order valence-corrected chi connectivity index (χ0v) is 49.4. The number of hydrogen-bond donors (Lipinski definition) is 3. The van der Waals surface area contributed by atoms with Crippen LogP contribution in [-0.4, -0.2) is 47.4 Å². The Balaban J connectivity index is 3.33. The quantitative estimate of drug-likeness (QED) is 0.0320. The molecular formula is C67H129NO5. The van der Waals surface area contributed by atoms with Crippen molar-refractivity contribution in [2.75, 3.05) is 13.2 Å². The van der Waals surface area contributed by atoms with Crippen LogP contribution in [0.2, 0.25) is 0 Å². The van der Waals surface area contributed by atoms with Crippen LogP contribution in [0.4, 0.5) is 0 Å². The van der Waals surface area contributed by atoms with Crippen LogP contribution < -0.4 is 5.32 Å². The van der Waals surface area contributed by atoms with E-state index in [4.69, 9.17) is 4.74 Å². The molecule has 0 aliphatic carbocycles. The van der Waals surface area contributed by atoms with E-state index in [-0.39, 0.29) is 18.5 Å². The van der Waals surface area contributed by atoms with Gasteiger partial charge in [0, 0.05) is 12.8 Å². The molecule has 0 saturated heterocycles. The number of carbonyl (C=O) groups excluding carboxylic acids is 2. The standard InChI is InChI=1S/C67H129NO5/c1-3-5-7-9-11-13-15-35-39-43-47-51-55-59-65(70)64(63-69)68-66(71)60-56-52-48-44-40-37-33-31-29-27-25-23-21-19-17-18-20-22-24-26-28-30-32-34-38-42-46-50-54-58-62-73-67(72)61-57-53-49-45-41-36-16-14-12-10-8-6-4-2/h14,16,55,59,64-65,69-70H,3-13,15,17-54,56-58,60-63H2,1-2H3,(H,68,71)/b16-14-,59-55+. The molecule has 0 heterocycles. The average Bonchev–Trinajstić information content (AvgIpc) is 3.39. The fourth-order valence-electron chi connectivity index (χ4n) is 10.4. The van der Waals surface area contributed by atoms with Crippen LogP contribution in [-0.2, 0) is 14.3 Å². The van der Waals surface area contributed by atoms with Crippen molar-refractivity contribution in [3.63, 3.8) is 0 Å². The maximum absolute atomic E-state index is 12.5. The molecule has 0 aromatic rings. The van der Waals surface area contributed by atoms with Crippen LogP contribution in [0.15, 0.2) is 24.3 Å². The lowest BCUT2D eigenvalue weighted by Crippen LogP contribution is -2.45. The normalized spacial score (nSPS) is 12.7. The first-order valence-corrected chi connectivity index (χ1v) is 33.1. The van der Waals surface area contributed by atoms with Gasteiger partial charge in [0.25, 0.3) is 0 Å². The van der Waals surface area contributed by atoms with Gasteiger partial charge in [-0.3, -0.25) is 9.59 Å². The number of carbonyl (C=O) groups is 2. The average molecular weight is 1030 g/mol. The maximum atomic E-state index is 12.5. The van der Waals surface area contributed by atoms with Crippen molar-refractivity contribution in [3.05, 3.63) is 24.3 Å². The molecule has 432 valence electrons. The summed E-state index contributed by atoms with van der Waals surface area (Å²) in [5, 5.41) is 23.1. The molecule has 0 bridgehead atoms. The Morgan fingerprint density at radius 3 is 0.986 bits per heavy atom. The van der Waals surface area contributed by atoms with Gasteiger partial charge in [0.1, 0.15) is 0 Å². The van der Waals surface area contributed by atoms with E-state index < -0.39 is 12.1 Å². The minimum atomic E-state index is -0.840. The summed E-state index contributed by atoms with van der Waals surface area (Å²) in [6, 6.07) is -0.623. The lowest BCUT2D eigenvalue weighted by atomic mass is 10.0. The van der Waals surface area contributed by atoms with Crippen LogP contribution in [0.5, 0.6) is 0 Å². The van der Waals surface area contributed by atoms with Gasteiger partial charge in [-0.2, -0.15) is 0 Å². The van der Waals surface area contributed by atoms with E-state index in [0.29, 0.717) is 19.4 Å². The van der Waals surface area contributed by atoms with Gasteiger partial charge < -0.3 is 20.3 Å². The second kappa shape index (κ2) is 62.9. The highest BCUT2D eigenvalue weighted by molar-refractivity contribution is 5.76. The summed E-state index contributed by atoms with van der Waals surface area (Å²) >= 11 is 0. The minimum absolute atomic E-state index is 0.0108. The van der Waals surface area contributed by atoms with Crippen molar-refractivity contribution in [2.45, 2.75) is 379 Å². The molecule has 1 amide bonds. The largest absolute Gasteiger partial charge is 0.466 e. The molecule has 73 heavy (non-hydrogen) atoms. The first-order valence-electron chi connectivity index (χ1n) is 33.1. The lowest BCUT2D eigenvalue weighted by molar-refractivity contribution is -0.143. The first-order chi connectivity index (χ1) is 36.0. The van der Waals surface area contributed by atoms with Crippen molar-refractivity contribution in [1.29, 1.82) is 0 Å². The van der Waals surface area contributed by atoms with E-state index in [1.54, 1.807) is 6.08 Å². The van der Waals surface area contributed by atoms with E-state index in [2.05, 4.69) is 31.3 Å². The zero-order valence-electron chi connectivity index (χ0n) is 49.4. The SMILES string of the molecule is CCCCCC/C=C\CCCCCCCC(=O)OCCCCCCCCCCCCCCCCCCCCCCCCCCCCCCCCC(=O)NC(CO)C(O)/C=C/CCCCCCCCCCCCC. The number of unbranched alkanes of at least 4 members (excludes halogenated alkanes) is 49. The molecule has 0 aliphatic heterocycles. The summed E-state index contributed by atoms with van der Waals surface area (Å²) in [6.07, 6.45) is 78.2. The summed E-state index contributed by atoms with van der Waals surface area (Å²) in [4.78, 5) is 24.5. The lowest BCUT2D eigenvalue weighted by Gasteiger charge is -2.20. The first kappa shape index (κ1) is 71.3. The molecule has 0 aliphatic rings. The Kier molecular flexibility index (Phi) is 61.4. The van der Waals surface area contributed by atoms with Crippen molar-refractivity contribution in [3.8, 4) is 0 Å². The van der Waals surface area contributed by atoms with Crippen molar-refractivity contribution < 1.29 is 24.5 Å². The van der Waals surface area contributed by atoms with Gasteiger partial charge in [-0.15, -0.1) is 0 Å². The molecule has 0 spiro atoms. The summed E-state index contributed by atoms with van der Waals surface area (Å²) in [5.41, 5.74) is 0. The maximum Gasteiger partial charge on any atom is 0.305 e. The fraction of sp³-hybridized carbons (Fsp3) is 0.910. The third-order valence-electron chi connectivity index (χ3n) is 15.5. The summed E-state index contributed by atoms with van der Waals surface area (Å²) in [5.74, 6) is -0.0520. The molecule has 2 unspecified atom stereocenters. The predicted molar refractivity (Wildman–Crippen MR) is 320 cm³/mol. The number of amides is 1. The molecule has 0 radical (unpaired) electrons. The van der Waals surface area contributed by atoms with Crippen LogP contribution in [0.3, 0.4) is 0 Å². The van der Waals surface area contributed by atoms with Gasteiger partial charge in [-0.05, 0) is 57.8 Å². The van der Waals surface area contributed by atoms with Gasteiger partial charge in [0.15, 0.2) is 0 Å². The minimum Gasteiger partial charge on any atom is -0.466 e. The Morgan fingerprint density at radius 1 is 0.370 bits per heavy atom. The molecule has 3 N–H and O–H groups in total. The Morgan fingerprint density at radius 2 is 0.644 bits per heavy atom. The van der Waals surface area contributed by atoms with Gasteiger partial charge in [0.2, 0.25) is 5.91 Å². The van der Waals surface area contributed by atoms with E-state index in [1.807, 2.05) is 6.08 Å². The molecule has 0 fully saturated rings. The van der Waals surface area contributed by atoms with Gasteiger partial charge in [-0.25, -0.2) is 0 Å². The highest BCUT2D eigenvalue weighted by atomic mass is 16.5. The second-order valence-corrected chi connectivity index (χ2v) is 22.8. The summed E-state index contributed by atoms with van der Waals surface area (Å²) in [7, 11) is 0. The van der Waals surface area contributed by atoms with E-state index in [9.17, 15) is 19.8 Å². The van der Waals surface area contributed by atoms with E-state index >= 15 is 0 Å². The van der Waals surface area contributed by atoms with E-state index in [1.165, 1.54) is 295 Å². The van der Waals surface area contributed by atoms with E-state index in [0.717, 1.165) is 44.9 Å². The Bertz CT molecular complexity index is 1140. The van der Waals surface area contributed by atoms with Crippen LogP contribution in [0.1, 0.15) is 367 Å². The molecule has 6 heteroatoms. The smallest absolute Gasteiger partial charge is 0.305 e. The number of ether oxygens (including phenoxy) is 1. The third kappa shape index (κ3) is 59.4. The van der Waals surface area contributed by atoms with Crippen LogP contribution >= 0.6 is 0 Å². The highest BCUT2D eigenvalue weighted by Gasteiger charge is 2.18.